The largest absolute Gasteiger partial charge is 0.379 e. The van der Waals surface area contributed by atoms with Gasteiger partial charge in [-0.2, -0.15) is 0 Å². The van der Waals surface area contributed by atoms with Crippen LogP contribution in [0, 0.1) is 0 Å². The third kappa shape index (κ3) is 12.3. The molecule has 1 heterocycles. The minimum atomic E-state index is -2.41. The van der Waals surface area contributed by atoms with Gasteiger partial charge in [-0.1, -0.05) is 6.92 Å². The van der Waals surface area contributed by atoms with E-state index in [4.69, 9.17) is 14.0 Å². The fourth-order valence-electron chi connectivity index (χ4n) is 2.60. The molecule has 0 aromatic heterocycles. The van der Waals surface area contributed by atoms with Gasteiger partial charge >= 0.3 is 0 Å². The molecule has 0 aromatic rings. The molecule has 9 heteroatoms. The average molecular weight is 408 g/mol. The van der Waals surface area contributed by atoms with Crippen molar-refractivity contribution < 1.29 is 28.2 Å². The molecule has 160 valence electrons. The van der Waals surface area contributed by atoms with Crippen LogP contribution in [-0.2, 0) is 28.2 Å². The second-order valence-corrected chi connectivity index (χ2v) is 9.78. The maximum absolute atomic E-state index is 11.3. The monoisotopic (exact) mass is 408 g/mol. The molecule has 1 aliphatic heterocycles. The zero-order valence-electron chi connectivity index (χ0n) is 17.8. The summed E-state index contributed by atoms with van der Waals surface area (Å²) in [6, 6.07) is 0. The topological polar surface area (TPSA) is 94.2 Å². The first kappa shape index (κ1) is 26.2. The van der Waals surface area contributed by atoms with Crippen LogP contribution < -0.4 is 5.32 Å². The van der Waals surface area contributed by atoms with Gasteiger partial charge in [-0.3, -0.25) is 14.2 Å². The Morgan fingerprint density at radius 1 is 1.33 bits per heavy atom. The lowest BCUT2D eigenvalue weighted by molar-refractivity contribution is -0.134. The van der Waals surface area contributed by atoms with E-state index < -0.39 is 7.37 Å². The highest BCUT2D eigenvalue weighted by atomic mass is 31.2. The molecular formula is C18H37N2O6P. The summed E-state index contributed by atoms with van der Waals surface area (Å²) in [5.41, 5.74) is 0. The molecule has 1 fully saturated rings. The number of nitrogens with one attached hydrogen (secondary N) is 1. The van der Waals surface area contributed by atoms with Crippen molar-refractivity contribution in [1.82, 2.24) is 10.2 Å². The number of carbonyl (C=O) groups is 2. The van der Waals surface area contributed by atoms with Crippen molar-refractivity contribution in [3.8, 4) is 0 Å². The maximum Gasteiger partial charge on any atom is 0.222 e. The van der Waals surface area contributed by atoms with Crippen LogP contribution in [-0.4, -0.2) is 88.6 Å². The number of rotatable bonds is 10. The normalized spacial score (nSPS) is 22.1. The highest BCUT2D eigenvalue weighted by molar-refractivity contribution is 7.57. The number of Topliss-reactive ketones (excluding diaryl/α,β-unsaturated/α-hetero) is 1. The molecule has 3 unspecified atom stereocenters. The van der Waals surface area contributed by atoms with Crippen LogP contribution in [0.15, 0.2) is 0 Å². The molecule has 1 saturated heterocycles. The molecule has 0 saturated carbocycles. The van der Waals surface area contributed by atoms with Crippen LogP contribution in [0.4, 0.5) is 0 Å². The van der Waals surface area contributed by atoms with Gasteiger partial charge in [0.1, 0.15) is 11.9 Å². The van der Waals surface area contributed by atoms with E-state index in [2.05, 4.69) is 5.32 Å². The standard InChI is InChI=1S/C9H18N2O2.C9H19O4P/c1-4-9(13)11(6-5-10-3)7-8(2)12;1-7-5-8(11-2)9(13-7)6-12-14(3,4)10/h10H,4-7H2,1-3H3;7-9H,5-6H2,1-4H3. The molecule has 0 radical (unpaired) electrons. The van der Waals surface area contributed by atoms with E-state index in [9.17, 15) is 14.2 Å². The second-order valence-electron chi connectivity index (χ2n) is 7.02. The lowest BCUT2D eigenvalue weighted by Gasteiger charge is -2.20. The van der Waals surface area contributed by atoms with Crippen molar-refractivity contribution in [1.29, 1.82) is 0 Å². The van der Waals surface area contributed by atoms with Gasteiger partial charge < -0.3 is 24.2 Å². The number of likely N-dealkylation sites (N-methyl/N-ethyl adjacent to an activating group) is 1. The lowest BCUT2D eigenvalue weighted by atomic mass is 10.1. The van der Waals surface area contributed by atoms with Crippen molar-refractivity contribution in [3.63, 3.8) is 0 Å². The maximum atomic E-state index is 11.3. The van der Waals surface area contributed by atoms with Gasteiger partial charge in [-0.15, -0.1) is 0 Å². The minimum Gasteiger partial charge on any atom is -0.379 e. The number of methoxy groups -OCH3 is 1. The Kier molecular flexibility index (Phi) is 13.0. The van der Waals surface area contributed by atoms with E-state index in [1.165, 1.54) is 6.92 Å². The average Bonchev–Trinajstić information content (AvgIpc) is 2.95. The van der Waals surface area contributed by atoms with Gasteiger partial charge in [0.15, 0.2) is 7.37 Å². The van der Waals surface area contributed by atoms with Crippen LogP contribution in [0.25, 0.3) is 0 Å². The zero-order valence-corrected chi connectivity index (χ0v) is 18.7. The Bertz CT molecular complexity index is 496. The van der Waals surface area contributed by atoms with Crippen LogP contribution >= 0.6 is 7.37 Å². The lowest BCUT2D eigenvalue weighted by Crippen LogP contribution is -2.38. The van der Waals surface area contributed by atoms with Crippen molar-refractivity contribution in [2.75, 3.05) is 53.7 Å². The van der Waals surface area contributed by atoms with E-state index >= 15 is 0 Å². The summed E-state index contributed by atoms with van der Waals surface area (Å²) in [7, 11) is 1.07. The summed E-state index contributed by atoms with van der Waals surface area (Å²) in [5, 5.41) is 2.95. The van der Waals surface area contributed by atoms with E-state index in [1.54, 1.807) is 32.3 Å². The zero-order chi connectivity index (χ0) is 21.0. The fraction of sp³-hybridized carbons (Fsp3) is 0.889. The molecule has 1 amide bonds. The van der Waals surface area contributed by atoms with Crippen LogP contribution in [0.1, 0.15) is 33.6 Å². The predicted octanol–water partition coefficient (Wildman–Crippen LogP) is 1.77. The van der Waals surface area contributed by atoms with Gasteiger partial charge in [-0.25, -0.2) is 0 Å². The Hall–Kier alpha value is -0.790. The Morgan fingerprint density at radius 3 is 2.41 bits per heavy atom. The number of carbonyl (C=O) groups excluding carboxylic acids is 2. The van der Waals surface area contributed by atoms with Crippen molar-refractivity contribution in [2.24, 2.45) is 0 Å². The highest BCUT2D eigenvalue weighted by Gasteiger charge is 2.33. The van der Waals surface area contributed by atoms with Crippen molar-refractivity contribution in [3.05, 3.63) is 0 Å². The highest BCUT2D eigenvalue weighted by Crippen LogP contribution is 2.38. The third-order valence-electron chi connectivity index (χ3n) is 3.94. The molecule has 0 spiro atoms. The molecule has 1 N–H and O–H groups in total. The Balaban J connectivity index is 0.000000503. The fourth-order valence-corrected chi connectivity index (χ4v) is 3.11. The molecular weight excluding hydrogens is 371 g/mol. The van der Waals surface area contributed by atoms with E-state index in [1.807, 2.05) is 14.0 Å². The smallest absolute Gasteiger partial charge is 0.222 e. The Labute approximate surface area is 163 Å². The van der Waals surface area contributed by atoms with E-state index in [0.29, 0.717) is 19.6 Å². The second kappa shape index (κ2) is 13.4. The summed E-state index contributed by atoms with van der Waals surface area (Å²) in [6.07, 6.45) is 1.51. The quantitative estimate of drug-likeness (QED) is 0.551. The summed E-state index contributed by atoms with van der Waals surface area (Å²) >= 11 is 0. The minimum absolute atomic E-state index is 0.0258. The molecule has 8 nitrogen and oxygen atoms in total. The molecule has 0 bridgehead atoms. The van der Waals surface area contributed by atoms with Crippen LogP contribution in [0.3, 0.4) is 0 Å². The summed E-state index contributed by atoms with van der Waals surface area (Å²) in [6.45, 7) is 10.4. The van der Waals surface area contributed by atoms with Gasteiger partial charge in [0.2, 0.25) is 5.91 Å². The SMILES string of the molecule is CCC(=O)N(CCNC)CC(C)=O.COC1CC(C)OC1COP(C)(C)=O. The molecule has 3 atom stereocenters. The molecule has 0 aromatic carbocycles. The molecule has 0 aliphatic carbocycles. The van der Waals surface area contributed by atoms with Crippen LogP contribution in [0.2, 0.25) is 0 Å². The number of hydrogen-bond acceptors (Lipinski definition) is 7. The first-order chi connectivity index (χ1) is 12.5. The van der Waals surface area contributed by atoms with Gasteiger partial charge in [0.25, 0.3) is 0 Å². The third-order valence-corrected chi connectivity index (χ3v) is 4.71. The summed E-state index contributed by atoms with van der Waals surface area (Å²) in [4.78, 5) is 23.7. The van der Waals surface area contributed by atoms with Gasteiger partial charge in [0.05, 0.1) is 25.4 Å². The number of ketones is 1. The number of hydrogen-bond donors (Lipinski definition) is 1. The summed E-state index contributed by atoms with van der Waals surface area (Å²) in [5.74, 6) is 0.0587. The number of amides is 1. The Morgan fingerprint density at radius 2 is 1.96 bits per heavy atom. The molecule has 1 rings (SSSR count). The summed E-state index contributed by atoms with van der Waals surface area (Å²) < 4.78 is 27.4. The van der Waals surface area contributed by atoms with Crippen molar-refractivity contribution in [2.45, 2.75) is 51.9 Å². The molecule has 27 heavy (non-hydrogen) atoms. The predicted molar refractivity (Wildman–Crippen MR) is 107 cm³/mol. The van der Waals surface area contributed by atoms with Crippen molar-refractivity contribution >= 4 is 19.1 Å². The van der Waals surface area contributed by atoms with Crippen LogP contribution in [0.5, 0.6) is 0 Å². The van der Waals surface area contributed by atoms with Gasteiger partial charge in [-0.05, 0) is 20.9 Å². The number of nitrogens with zero attached hydrogens (tertiary/aromatic N) is 1. The first-order valence-corrected chi connectivity index (χ1v) is 11.9. The van der Waals surface area contributed by atoms with E-state index in [-0.39, 0.29) is 36.5 Å². The number of ether oxygens (including phenoxy) is 2. The molecule has 1 aliphatic rings. The van der Waals surface area contributed by atoms with E-state index in [0.717, 1.165) is 13.0 Å². The van der Waals surface area contributed by atoms with Gasteiger partial charge in [0, 0.05) is 46.4 Å². The first-order valence-electron chi connectivity index (χ1n) is 9.33.